The van der Waals surface area contributed by atoms with Crippen LogP contribution >= 0.6 is 0 Å². The lowest BCUT2D eigenvalue weighted by molar-refractivity contribution is 0.222. The van der Waals surface area contributed by atoms with Crippen molar-refractivity contribution < 1.29 is 4.74 Å². The Hall–Kier alpha value is -2.54. The van der Waals surface area contributed by atoms with E-state index >= 15 is 0 Å². The predicted molar refractivity (Wildman–Crippen MR) is 84.5 cm³/mol. The number of rotatable bonds is 2. The molecule has 0 saturated heterocycles. The quantitative estimate of drug-likeness (QED) is 0.641. The van der Waals surface area contributed by atoms with Gasteiger partial charge in [-0.05, 0) is 17.2 Å². The Morgan fingerprint density at radius 3 is 1.86 bits per heavy atom. The summed E-state index contributed by atoms with van der Waals surface area (Å²) in [4.78, 5) is 0. The molecular weight excluding hydrogens is 256 g/mol. The molecule has 0 aromatic heterocycles. The first-order valence-electron chi connectivity index (χ1n) is 7.29. The lowest BCUT2D eigenvalue weighted by atomic mass is 9.85. The van der Waals surface area contributed by atoms with E-state index in [0.717, 1.165) is 5.75 Å². The van der Waals surface area contributed by atoms with Gasteiger partial charge in [0, 0.05) is 5.56 Å². The lowest BCUT2D eigenvalue weighted by Gasteiger charge is -2.20. The SMILES string of the molecule is c1ccc(C2Oc3ccccc3C2c2ccccc2)cc1. The number of ether oxygens (including phenoxy) is 1. The lowest BCUT2D eigenvalue weighted by Crippen LogP contribution is -2.11. The zero-order valence-corrected chi connectivity index (χ0v) is 11.6. The Morgan fingerprint density at radius 1 is 0.571 bits per heavy atom. The van der Waals surface area contributed by atoms with E-state index in [0.29, 0.717) is 0 Å². The molecule has 0 radical (unpaired) electrons. The van der Waals surface area contributed by atoms with Crippen molar-refractivity contribution in [2.45, 2.75) is 12.0 Å². The molecule has 4 rings (SSSR count). The molecule has 0 amide bonds. The van der Waals surface area contributed by atoms with Gasteiger partial charge in [0.05, 0.1) is 5.92 Å². The Morgan fingerprint density at radius 2 is 1.14 bits per heavy atom. The minimum absolute atomic E-state index is 0.0472. The van der Waals surface area contributed by atoms with Gasteiger partial charge >= 0.3 is 0 Å². The van der Waals surface area contributed by atoms with Crippen LogP contribution in [0, 0.1) is 0 Å². The zero-order valence-electron chi connectivity index (χ0n) is 11.6. The van der Waals surface area contributed by atoms with Crippen LogP contribution in [0.25, 0.3) is 0 Å². The highest BCUT2D eigenvalue weighted by molar-refractivity contribution is 5.48. The fourth-order valence-corrected chi connectivity index (χ4v) is 3.13. The molecule has 1 aliphatic heterocycles. The average molecular weight is 272 g/mol. The largest absolute Gasteiger partial charge is 0.484 e. The van der Waals surface area contributed by atoms with Crippen LogP contribution in [0.4, 0.5) is 0 Å². The summed E-state index contributed by atoms with van der Waals surface area (Å²) in [6.07, 6.45) is 0.0472. The van der Waals surface area contributed by atoms with Gasteiger partial charge in [-0.2, -0.15) is 0 Å². The first kappa shape index (κ1) is 12.2. The molecule has 3 aromatic rings. The zero-order chi connectivity index (χ0) is 14.1. The minimum Gasteiger partial charge on any atom is -0.484 e. The Labute approximate surface area is 124 Å². The predicted octanol–water partition coefficient (Wildman–Crippen LogP) is 4.95. The molecule has 1 heteroatoms. The van der Waals surface area contributed by atoms with Gasteiger partial charge in [0.1, 0.15) is 11.9 Å². The third-order valence-electron chi connectivity index (χ3n) is 4.10. The maximum Gasteiger partial charge on any atom is 0.135 e. The molecule has 0 fully saturated rings. The van der Waals surface area contributed by atoms with Crippen molar-refractivity contribution in [1.29, 1.82) is 0 Å². The number of benzene rings is 3. The van der Waals surface area contributed by atoms with Crippen LogP contribution in [0.5, 0.6) is 5.75 Å². The third kappa shape index (κ3) is 2.11. The molecule has 3 aromatic carbocycles. The normalized spacial score (nSPS) is 19.8. The van der Waals surface area contributed by atoms with Gasteiger partial charge in [0.25, 0.3) is 0 Å². The van der Waals surface area contributed by atoms with Crippen LogP contribution in [-0.2, 0) is 0 Å². The first-order valence-corrected chi connectivity index (χ1v) is 7.29. The van der Waals surface area contributed by atoms with Crippen molar-refractivity contribution in [3.63, 3.8) is 0 Å². The fourth-order valence-electron chi connectivity index (χ4n) is 3.13. The summed E-state index contributed by atoms with van der Waals surface area (Å²) >= 11 is 0. The van der Waals surface area contributed by atoms with E-state index in [2.05, 4.69) is 72.8 Å². The van der Waals surface area contributed by atoms with Gasteiger partial charge in [0.2, 0.25) is 0 Å². The highest BCUT2D eigenvalue weighted by atomic mass is 16.5. The van der Waals surface area contributed by atoms with Crippen molar-refractivity contribution in [3.8, 4) is 5.75 Å². The average Bonchev–Trinajstić information content (AvgIpc) is 2.96. The summed E-state index contributed by atoms with van der Waals surface area (Å²) in [5.74, 6) is 1.25. The van der Waals surface area contributed by atoms with Crippen molar-refractivity contribution in [2.24, 2.45) is 0 Å². The second-order valence-corrected chi connectivity index (χ2v) is 5.38. The highest BCUT2D eigenvalue weighted by Crippen LogP contribution is 2.49. The summed E-state index contributed by atoms with van der Waals surface area (Å²) in [7, 11) is 0. The van der Waals surface area contributed by atoms with Gasteiger partial charge in [-0.1, -0.05) is 78.9 Å². The van der Waals surface area contributed by atoms with Crippen LogP contribution in [-0.4, -0.2) is 0 Å². The summed E-state index contributed by atoms with van der Waals surface area (Å²) in [5, 5.41) is 0. The Balaban J connectivity index is 1.85. The van der Waals surface area contributed by atoms with E-state index in [1.54, 1.807) is 0 Å². The molecule has 0 spiro atoms. The van der Waals surface area contributed by atoms with Crippen LogP contribution < -0.4 is 4.74 Å². The molecule has 21 heavy (non-hydrogen) atoms. The topological polar surface area (TPSA) is 9.23 Å². The van der Waals surface area contributed by atoms with Gasteiger partial charge in [-0.3, -0.25) is 0 Å². The molecule has 0 N–H and O–H groups in total. The Kier molecular flexibility index (Phi) is 2.97. The van der Waals surface area contributed by atoms with E-state index in [1.165, 1.54) is 16.7 Å². The summed E-state index contributed by atoms with van der Waals surface area (Å²) in [5.41, 5.74) is 3.80. The first-order chi connectivity index (χ1) is 10.4. The van der Waals surface area contributed by atoms with Crippen molar-refractivity contribution in [2.75, 3.05) is 0 Å². The van der Waals surface area contributed by atoms with Gasteiger partial charge in [-0.25, -0.2) is 0 Å². The van der Waals surface area contributed by atoms with Crippen LogP contribution in [0.15, 0.2) is 84.9 Å². The molecule has 2 unspecified atom stereocenters. The molecule has 1 nitrogen and oxygen atoms in total. The fraction of sp³-hybridized carbons (Fsp3) is 0.100. The third-order valence-corrected chi connectivity index (χ3v) is 4.10. The number of hydrogen-bond acceptors (Lipinski definition) is 1. The molecule has 0 saturated carbocycles. The summed E-state index contributed by atoms with van der Waals surface area (Å²) < 4.78 is 6.26. The molecular formula is C20H16O. The van der Waals surface area contributed by atoms with Gasteiger partial charge < -0.3 is 4.74 Å². The highest BCUT2D eigenvalue weighted by Gasteiger charge is 2.36. The number of para-hydroxylation sites is 1. The second-order valence-electron chi connectivity index (χ2n) is 5.38. The van der Waals surface area contributed by atoms with Crippen molar-refractivity contribution in [3.05, 3.63) is 102 Å². The molecule has 0 bridgehead atoms. The number of hydrogen-bond donors (Lipinski definition) is 0. The molecule has 1 heterocycles. The van der Waals surface area contributed by atoms with Crippen LogP contribution in [0.3, 0.4) is 0 Å². The van der Waals surface area contributed by atoms with E-state index < -0.39 is 0 Å². The van der Waals surface area contributed by atoms with Gasteiger partial charge in [0.15, 0.2) is 0 Å². The smallest absolute Gasteiger partial charge is 0.135 e. The summed E-state index contributed by atoms with van der Waals surface area (Å²) in [6.45, 7) is 0. The Bertz CT molecular complexity index is 734. The van der Waals surface area contributed by atoms with E-state index in [4.69, 9.17) is 4.74 Å². The van der Waals surface area contributed by atoms with Crippen LogP contribution in [0.2, 0.25) is 0 Å². The summed E-state index contributed by atoms with van der Waals surface area (Å²) in [6, 6.07) is 29.5. The van der Waals surface area contributed by atoms with E-state index in [9.17, 15) is 0 Å². The second kappa shape index (κ2) is 5.10. The standard InChI is InChI=1S/C20H16O/c1-3-9-15(10-4-1)19-17-13-7-8-14-18(17)21-20(19)16-11-5-2-6-12-16/h1-14,19-20H. The van der Waals surface area contributed by atoms with Gasteiger partial charge in [-0.15, -0.1) is 0 Å². The van der Waals surface area contributed by atoms with Crippen molar-refractivity contribution >= 4 is 0 Å². The molecule has 0 aliphatic carbocycles. The van der Waals surface area contributed by atoms with E-state index in [-0.39, 0.29) is 12.0 Å². The van der Waals surface area contributed by atoms with Crippen molar-refractivity contribution in [1.82, 2.24) is 0 Å². The molecule has 2 atom stereocenters. The maximum atomic E-state index is 6.26. The molecule has 1 aliphatic rings. The number of fused-ring (bicyclic) bond motifs is 1. The van der Waals surface area contributed by atoms with Crippen LogP contribution in [0.1, 0.15) is 28.7 Å². The van der Waals surface area contributed by atoms with E-state index in [1.807, 2.05) is 12.1 Å². The molecule has 102 valence electrons. The minimum atomic E-state index is 0.0472. The maximum absolute atomic E-state index is 6.26. The monoisotopic (exact) mass is 272 g/mol.